The Labute approximate surface area is 118 Å². The van der Waals surface area contributed by atoms with Gasteiger partial charge in [-0.25, -0.2) is 0 Å². The van der Waals surface area contributed by atoms with E-state index in [4.69, 9.17) is 4.74 Å². The molecule has 1 aromatic rings. The van der Waals surface area contributed by atoms with Gasteiger partial charge in [-0.3, -0.25) is 0 Å². The topological polar surface area (TPSA) is 9.23 Å². The van der Waals surface area contributed by atoms with Gasteiger partial charge in [-0.05, 0) is 36.7 Å². The van der Waals surface area contributed by atoms with Crippen molar-refractivity contribution in [1.29, 1.82) is 0 Å². The minimum atomic E-state index is 0.311. The standard InChI is InChI=1S/C18H28O/c1-6-16(15-10-8-13(3)9-11-15)17-18(5,7-2)14(4)12-19-17/h8-11,14,16-17H,6-7,12H2,1-5H3/t14-,16+,17+,18+/m0/s1. The summed E-state index contributed by atoms with van der Waals surface area (Å²) in [6.45, 7) is 12.4. The van der Waals surface area contributed by atoms with Crippen molar-refractivity contribution in [2.45, 2.75) is 59.5 Å². The van der Waals surface area contributed by atoms with Gasteiger partial charge in [0.2, 0.25) is 0 Å². The Kier molecular flexibility index (Phi) is 4.35. The lowest BCUT2D eigenvalue weighted by molar-refractivity contribution is 0.0291. The molecule has 0 amide bonds. The predicted molar refractivity (Wildman–Crippen MR) is 81.5 cm³/mol. The number of rotatable bonds is 4. The van der Waals surface area contributed by atoms with Crippen LogP contribution in [0.25, 0.3) is 0 Å². The Morgan fingerprint density at radius 1 is 1.26 bits per heavy atom. The summed E-state index contributed by atoms with van der Waals surface area (Å²) < 4.78 is 6.21. The Balaban J connectivity index is 2.29. The molecule has 1 heterocycles. The molecule has 1 aromatic carbocycles. The summed E-state index contributed by atoms with van der Waals surface area (Å²) in [6, 6.07) is 9.01. The average molecular weight is 260 g/mol. The van der Waals surface area contributed by atoms with Crippen LogP contribution in [-0.2, 0) is 4.74 Å². The maximum atomic E-state index is 6.21. The summed E-state index contributed by atoms with van der Waals surface area (Å²) in [5.74, 6) is 1.18. The number of hydrogen-bond acceptors (Lipinski definition) is 1. The van der Waals surface area contributed by atoms with Crippen molar-refractivity contribution in [3.63, 3.8) is 0 Å². The maximum absolute atomic E-state index is 6.21. The Morgan fingerprint density at radius 3 is 2.42 bits per heavy atom. The Hall–Kier alpha value is -0.820. The third-order valence-corrected chi connectivity index (χ3v) is 5.37. The molecule has 4 atom stereocenters. The van der Waals surface area contributed by atoms with Crippen LogP contribution < -0.4 is 0 Å². The van der Waals surface area contributed by atoms with Gasteiger partial charge in [0.1, 0.15) is 0 Å². The first kappa shape index (κ1) is 14.6. The van der Waals surface area contributed by atoms with Crippen LogP contribution in [0.3, 0.4) is 0 Å². The molecule has 0 aromatic heterocycles. The van der Waals surface area contributed by atoms with Crippen molar-refractivity contribution in [2.24, 2.45) is 11.3 Å². The van der Waals surface area contributed by atoms with Gasteiger partial charge in [-0.2, -0.15) is 0 Å². The van der Waals surface area contributed by atoms with Gasteiger partial charge in [0.05, 0.1) is 12.7 Å². The first-order chi connectivity index (χ1) is 9.02. The van der Waals surface area contributed by atoms with Crippen molar-refractivity contribution in [3.05, 3.63) is 35.4 Å². The van der Waals surface area contributed by atoms with Gasteiger partial charge >= 0.3 is 0 Å². The van der Waals surface area contributed by atoms with Crippen LogP contribution in [0.15, 0.2) is 24.3 Å². The number of ether oxygens (including phenoxy) is 1. The molecule has 1 aliphatic rings. The smallest absolute Gasteiger partial charge is 0.0700 e. The van der Waals surface area contributed by atoms with Crippen LogP contribution in [0.2, 0.25) is 0 Å². The average Bonchev–Trinajstić information content (AvgIpc) is 2.71. The van der Waals surface area contributed by atoms with E-state index in [0.29, 0.717) is 23.4 Å². The molecule has 0 bridgehead atoms. The summed E-state index contributed by atoms with van der Waals surface area (Å²) in [4.78, 5) is 0. The summed E-state index contributed by atoms with van der Waals surface area (Å²) >= 11 is 0. The van der Waals surface area contributed by atoms with Gasteiger partial charge < -0.3 is 4.74 Å². The molecule has 0 saturated carbocycles. The summed E-state index contributed by atoms with van der Waals surface area (Å²) in [5, 5.41) is 0. The zero-order chi connectivity index (χ0) is 14.0. The first-order valence-corrected chi connectivity index (χ1v) is 7.71. The van der Waals surface area contributed by atoms with Gasteiger partial charge in [0, 0.05) is 5.92 Å². The summed E-state index contributed by atoms with van der Waals surface area (Å²) in [5.41, 5.74) is 3.08. The van der Waals surface area contributed by atoms with E-state index in [-0.39, 0.29) is 0 Å². The fraction of sp³-hybridized carbons (Fsp3) is 0.667. The third-order valence-electron chi connectivity index (χ3n) is 5.37. The second-order valence-electron chi connectivity index (χ2n) is 6.44. The molecule has 1 saturated heterocycles. The number of aryl methyl sites for hydroxylation is 1. The van der Waals surface area contributed by atoms with Gasteiger partial charge in [0.25, 0.3) is 0 Å². The third kappa shape index (κ3) is 2.58. The zero-order valence-electron chi connectivity index (χ0n) is 13.1. The Bertz CT molecular complexity index is 408. The minimum Gasteiger partial charge on any atom is -0.377 e. The highest BCUT2D eigenvalue weighted by Crippen LogP contribution is 2.48. The van der Waals surface area contributed by atoms with Gasteiger partial charge in [-0.15, -0.1) is 0 Å². The highest BCUT2D eigenvalue weighted by molar-refractivity contribution is 5.26. The molecule has 2 rings (SSSR count). The van der Waals surface area contributed by atoms with Crippen LogP contribution >= 0.6 is 0 Å². The molecule has 0 spiro atoms. The fourth-order valence-corrected chi connectivity index (χ4v) is 3.47. The molecular formula is C18H28O. The van der Waals surface area contributed by atoms with Crippen LogP contribution in [-0.4, -0.2) is 12.7 Å². The van der Waals surface area contributed by atoms with Crippen LogP contribution in [0.4, 0.5) is 0 Å². The molecule has 0 unspecified atom stereocenters. The minimum absolute atomic E-state index is 0.311. The summed E-state index contributed by atoms with van der Waals surface area (Å²) in [6.07, 6.45) is 2.71. The zero-order valence-corrected chi connectivity index (χ0v) is 13.1. The van der Waals surface area contributed by atoms with Crippen LogP contribution in [0.5, 0.6) is 0 Å². The Morgan fingerprint density at radius 2 is 1.89 bits per heavy atom. The lowest BCUT2D eigenvalue weighted by atomic mass is 9.68. The van der Waals surface area contributed by atoms with Crippen molar-refractivity contribution >= 4 is 0 Å². The monoisotopic (exact) mass is 260 g/mol. The largest absolute Gasteiger partial charge is 0.377 e. The van der Waals surface area contributed by atoms with E-state index < -0.39 is 0 Å². The molecule has 0 N–H and O–H groups in total. The molecule has 106 valence electrons. The highest BCUT2D eigenvalue weighted by Gasteiger charge is 2.47. The maximum Gasteiger partial charge on any atom is 0.0700 e. The van der Waals surface area contributed by atoms with E-state index in [1.807, 2.05) is 0 Å². The van der Waals surface area contributed by atoms with Gasteiger partial charge in [-0.1, -0.05) is 57.5 Å². The first-order valence-electron chi connectivity index (χ1n) is 7.71. The van der Waals surface area contributed by atoms with Crippen molar-refractivity contribution in [1.82, 2.24) is 0 Å². The molecule has 0 aliphatic carbocycles. The molecule has 1 aliphatic heterocycles. The molecule has 1 heteroatoms. The van der Waals surface area contributed by atoms with Crippen LogP contribution in [0, 0.1) is 18.3 Å². The fourth-order valence-electron chi connectivity index (χ4n) is 3.47. The molecule has 0 radical (unpaired) electrons. The van der Waals surface area contributed by atoms with E-state index in [9.17, 15) is 0 Å². The van der Waals surface area contributed by atoms with E-state index in [2.05, 4.69) is 58.9 Å². The summed E-state index contributed by atoms with van der Waals surface area (Å²) in [7, 11) is 0. The van der Waals surface area contributed by atoms with Crippen molar-refractivity contribution in [3.8, 4) is 0 Å². The van der Waals surface area contributed by atoms with E-state index >= 15 is 0 Å². The predicted octanol–water partition coefficient (Wildman–Crippen LogP) is 4.94. The molecular weight excluding hydrogens is 232 g/mol. The normalized spacial score (nSPS) is 32.5. The van der Waals surface area contributed by atoms with Crippen molar-refractivity contribution in [2.75, 3.05) is 6.61 Å². The van der Waals surface area contributed by atoms with E-state index in [1.165, 1.54) is 17.5 Å². The molecule has 1 fully saturated rings. The van der Waals surface area contributed by atoms with Crippen LogP contribution in [0.1, 0.15) is 57.6 Å². The number of hydrogen-bond donors (Lipinski definition) is 0. The quantitative estimate of drug-likeness (QED) is 0.745. The molecule has 19 heavy (non-hydrogen) atoms. The lowest BCUT2D eigenvalue weighted by Gasteiger charge is -2.37. The second kappa shape index (κ2) is 5.66. The molecule has 1 nitrogen and oxygen atoms in total. The SMILES string of the molecule is CC[C@H](c1ccc(C)cc1)[C@H]1OC[C@H](C)[C@@]1(C)CC. The van der Waals surface area contributed by atoms with E-state index in [0.717, 1.165) is 13.0 Å². The van der Waals surface area contributed by atoms with E-state index in [1.54, 1.807) is 0 Å². The second-order valence-corrected chi connectivity index (χ2v) is 6.44. The number of benzene rings is 1. The van der Waals surface area contributed by atoms with Crippen molar-refractivity contribution < 1.29 is 4.74 Å². The highest BCUT2D eigenvalue weighted by atomic mass is 16.5. The lowest BCUT2D eigenvalue weighted by Crippen LogP contribution is -2.36. The van der Waals surface area contributed by atoms with Gasteiger partial charge in [0.15, 0.2) is 0 Å².